The summed E-state index contributed by atoms with van der Waals surface area (Å²) in [4.78, 5) is 10.7. The van der Waals surface area contributed by atoms with E-state index in [-0.39, 0.29) is 18.3 Å². The molecule has 0 saturated carbocycles. The first-order valence-electron chi connectivity index (χ1n) is 6.92. The van der Waals surface area contributed by atoms with Gasteiger partial charge in [0.25, 0.3) is 16.1 Å². The van der Waals surface area contributed by atoms with Gasteiger partial charge in [-0.1, -0.05) is 12.1 Å². The van der Waals surface area contributed by atoms with Crippen molar-refractivity contribution in [3.8, 4) is 17.2 Å². The number of nitrogens with zero attached hydrogens (tertiary/aromatic N) is 2. The van der Waals surface area contributed by atoms with Gasteiger partial charge in [0.1, 0.15) is 11.8 Å². The number of carbonyl (C=O) groups is 1. The molecule has 11 nitrogen and oxygen atoms in total. The molecule has 0 bridgehead atoms. The molecule has 1 aromatic heterocycles. The highest BCUT2D eigenvalue weighted by atomic mass is 32.2. The lowest BCUT2D eigenvalue weighted by atomic mass is 10.2. The van der Waals surface area contributed by atoms with Crippen molar-refractivity contribution in [3.63, 3.8) is 0 Å². The highest BCUT2D eigenvalue weighted by Crippen LogP contribution is 2.28. The molecule has 1 aromatic carbocycles. The summed E-state index contributed by atoms with van der Waals surface area (Å²) in [7, 11) is -2.72. The van der Waals surface area contributed by atoms with Crippen LogP contribution in [0.25, 0.3) is 11.5 Å². The fourth-order valence-electron chi connectivity index (χ4n) is 1.81. The topological polar surface area (TPSA) is 164 Å². The lowest BCUT2D eigenvalue weighted by molar-refractivity contribution is -0.139. The van der Waals surface area contributed by atoms with Crippen molar-refractivity contribution in [2.75, 3.05) is 13.7 Å². The van der Waals surface area contributed by atoms with E-state index in [4.69, 9.17) is 19.4 Å². The van der Waals surface area contributed by atoms with Gasteiger partial charge in [0.05, 0.1) is 25.8 Å². The minimum absolute atomic E-state index is 0.0397. The van der Waals surface area contributed by atoms with Crippen LogP contribution >= 0.6 is 0 Å². The maximum Gasteiger partial charge on any atom is 0.324 e. The van der Waals surface area contributed by atoms with Gasteiger partial charge in [-0.25, -0.2) is 0 Å². The van der Waals surface area contributed by atoms with E-state index in [1.165, 1.54) is 7.11 Å². The van der Waals surface area contributed by atoms with Crippen molar-refractivity contribution >= 4 is 16.2 Å². The Morgan fingerprint density at radius 1 is 1.36 bits per heavy atom. The number of carboxylic acids is 1. The van der Waals surface area contributed by atoms with Crippen LogP contribution in [0.3, 0.4) is 0 Å². The predicted molar refractivity (Wildman–Crippen MR) is 83.7 cm³/mol. The average molecular weight is 372 g/mol. The third-order valence-corrected chi connectivity index (χ3v) is 4.11. The molecular weight excluding hydrogens is 356 g/mol. The molecule has 0 amide bonds. The summed E-state index contributed by atoms with van der Waals surface area (Å²) < 4.78 is 37.9. The smallest absolute Gasteiger partial charge is 0.324 e. The Bertz CT molecular complexity index is 836. The molecule has 0 aliphatic rings. The fourth-order valence-corrected chi connectivity index (χ4v) is 2.75. The Kier molecular flexibility index (Phi) is 6.03. The van der Waals surface area contributed by atoms with Gasteiger partial charge in [0, 0.05) is 0 Å². The predicted octanol–water partition coefficient (Wildman–Crippen LogP) is -0.885. The van der Waals surface area contributed by atoms with E-state index >= 15 is 0 Å². The molecule has 0 radical (unpaired) electrons. The van der Waals surface area contributed by atoms with Crippen LogP contribution in [0.4, 0.5) is 0 Å². The van der Waals surface area contributed by atoms with Gasteiger partial charge in [-0.3, -0.25) is 4.79 Å². The van der Waals surface area contributed by atoms with Crippen molar-refractivity contribution in [2.45, 2.75) is 12.6 Å². The number of aromatic nitrogens is 2. The Labute approximate surface area is 142 Å². The number of aliphatic carboxylic acids is 1. The number of nitrogens with one attached hydrogen (secondary N) is 2. The van der Waals surface area contributed by atoms with E-state index in [0.717, 1.165) is 0 Å². The van der Waals surface area contributed by atoms with E-state index in [0.29, 0.717) is 11.3 Å². The van der Waals surface area contributed by atoms with E-state index in [1.54, 1.807) is 29.0 Å². The number of carboxylic acid groups (broad SMARTS) is 1. The third-order valence-electron chi connectivity index (χ3n) is 3.00. The Morgan fingerprint density at radius 3 is 2.72 bits per heavy atom. The molecular formula is C13H16N4O7S. The minimum Gasteiger partial charge on any atom is -0.496 e. The number of ether oxygens (including phenoxy) is 1. The number of aliphatic hydroxyl groups excluding tert-OH is 1. The molecule has 136 valence electrons. The summed E-state index contributed by atoms with van der Waals surface area (Å²) in [6.07, 6.45) is 0. The Balaban J connectivity index is 2.05. The van der Waals surface area contributed by atoms with Crippen molar-refractivity contribution in [1.29, 1.82) is 0 Å². The minimum atomic E-state index is -4.20. The van der Waals surface area contributed by atoms with E-state index < -0.39 is 28.8 Å². The second-order valence-corrected chi connectivity index (χ2v) is 6.25. The van der Waals surface area contributed by atoms with Gasteiger partial charge in [0.15, 0.2) is 0 Å². The van der Waals surface area contributed by atoms with Gasteiger partial charge in [0.2, 0.25) is 5.89 Å². The SMILES string of the molecule is COc1ccccc1-c1nnc(CNS(=O)(=O)N[C@@H](CO)C(=O)O)o1. The lowest BCUT2D eigenvalue weighted by Crippen LogP contribution is -2.48. The molecule has 1 heterocycles. The summed E-state index contributed by atoms with van der Waals surface area (Å²) in [5.41, 5.74) is 0.538. The first-order chi connectivity index (χ1) is 11.9. The Morgan fingerprint density at radius 2 is 2.08 bits per heavy atom. The molecule has 2 rings (SSSR count). The van der Waals surface area contributed by atoms with Gasteiger partial charge < -0.3 is 19.4 Å². The number of para-hydroxylation sites is 1. The number of rotatable bonds is 9. The monoisotopic (exact) mass is 372 g/mol. The van der Waals surface area contributed by atoms with Crippen LogP contribution in [-0.4, -0.2) is 54.6 Å². The first-order valence-corrected chi connectivity index (χ1v) is 8.41. The van der Waals surface area contributed by atoms with Crippen LogP contribution in [0.5, 0.6) is 5.75 Å². The zero-order valence-electron chi connectivity index (χ0n) is 13.0. The van der Waals surface area contributed by atoms with E-state index in [1.807, 2.05) is 4.72 Å². The van der Waals surface area contributed by atoms with E-state index in [9.17, 15) is 13.2 Å². The van der Waals surface area contributed by atoms with Crippen LogP contribution in [0, 0.1) is 0 Å². The summed E-state index contributed by atoms with van der Waals surface area (Å²) in [6.45, 7) is -1.26. The zero-order valence-corrected chi connectivity index (χ0v) is 13.9. The average Bonchev–Trinajstić information content (AvgIpc) is 3.06. The van der Waals surface area contributed by atoms with Crippen LogP contribution in [0.1, 0.15) is 5.89 Å². The molecule has 12 heteroatoms. The molecule has 0 unspecified atom stereocenters. The highest BCUT2D eigenvalue weighted by molar-refractivity contribution is 7.87. The summed E-state index contributed by atoms with van der Waals surface area (Å²) in [5.74, 6) is -0.906. The van der Waals surface area contributed by atoms with Crippen molar-refractivity contribution < 1.29 is 32.6 Å². The third kappa shape index (κ3) is 4.96. The second kappa shape index (κ2) is 8.02. The van der Waals surface area contributed by atoms with Gasteiger partial charge >= 0.3 is 5.97 Å². The molecule has 0 aliphatic heterocycles. The number of methoxy groups -OCH3 is 1. The normalized spacial score (nSPS) is 12.7. The lowest BCUT2D eigenvalue weighted by Gasteiger charge is -2.11. The number of hydrogen-bond acceptors (Lipinski definition) is 8. The summed E-state index contributed by atoms with van der Waals surface area (Å²) in [5, 5.41) is 25.1. The van der Waals surface area contributed by atoms with Crippen molar-refractivity contribution in [1.82, 2.24) is 19.6 Å². The molecule has 4 N–H and O–H groups in total. The summed E-state index contributed by atoms with van der Waals surface area (Å²) >= 11 is 0. The second-order valence-electron chi connectivity index (χ2n) is 4.72. The quantitative estimate of drug-likeness (QED) is 0.437. The largest absolute Gasteiger partial charge is 0.496 e. The van der Waals surface area contributed by atoms with Crippen molar-refractivity contribution in [2.24, 2.45) is 0 Å². The number of aliphatic hydroxyl groups is 1. The molecule has 0 spiro atoms. The van der Waals surface area contributed by atoms with Gasteiger partial charge in [-0.2, -0.15) is 17.9 Å². The number of benzene rings is 1. The summed E-state index contributed by atoms with van der Waals surface area (Å²) in [6, 6.07) is 5.24. The van der Waals surface area contributed by atoms with Crippen LogP contribution in [0.2, 0.25) is 0 Å². The molecule has 2 aromatic rings. The van der Waals surface area contributed by atoms with Crippen LogP contribution in [-0.2, 0) is 21.5 Å². The first kappa shape index (κ1) is 18.8. The van der Waals surface area contributed by atoms with Gasteiger partial charge in [-0.05, 0) is 12.1 Å². The molecule has 0 aliphatic carbocycles. The van der Waals surface area contributed by atoms with Gasteiger partial charge in [-0.15, -0.1) is 10.2 Å². The highest BCUT2D eigenvalue weighted by Gasteiger charge is 2.23. The molecule has 25 heavy (non-hydrogen) atoms. The van der Waals surface area contributed by atoms with Crippen LogP contribution in [0.15, 0.2) is 28.7 Å². The maximum absolute atomic E-state index is 11.7. The molecule has 0 fully saturated rings. The standard InChI is InChI=1S/C13H16N4O7S/c1-23-10-5-3-2-4-8(10)12-16-15-11(24-12)6-14-25(21,22)17-9(7-18)13(19)20/h2-5,9,14,17-18H,6-7H2,1H3,(H,19,20)/t9-/m0/s1. The zero-order chi connectivity index (χ0) is 18.4. The van der Waals surface area contributed by atoms with Crippen molar-refractivity contribution in [3.05, 3.63) is 30.2 Å². The van der Waals surface area contributed by atoms with Crippen LogP contribution < -0.4 is 14.2 Å². The maximum atomic E-state index is 11.7. The molecule has 1 atom stereocenters. The fraction of sp³-hybridized carbons (Fsp3) is 0.308. The Hall–Kier alpha value is -2.54. The van der Waals surface area contributed by atoms with E-state index in [2.05, 4.69) is 10.2 Å². The number of hydrogen-bond donors (Lipinski definition) is 4. The molecule has 0 saturated heterocycles.